The number of hydrogen-bond acceptors (Lipinski definition) is 4. The van der Waals surface area contributed by atoms with Gasteiger partial charge in [0.25, 0.3) is 5.91 Å². The molecule has 0 bridgehead atoms. The van der Waals surface area contributed by atoms with Crippen LogP contribution in [0.1, 0.15) is 45.9 Å². The average Bonchev–Trinajstić information content (AvgIpc) is 3.55. The quantitative estimate of drug-likeness (QED) is 0.457. The Balaban J connectivity index is 1.47. The number of carbonyl (C=O) groups is 1. The molecule has 1 saturated carbocycles. The second-order valence-electron chi connectivity index (χ2n) is 9.28. The molecule has 1 atom stereocenters. The Kier molecular flexibility index (Phi) is 3.64. The largest absolute Gasteiger partial charge is 0.403 e. The van der Waals surface area contributed by atoms with Gasteiger partial charge in [-0.1, -0.05) is 12.1 Å². The Bertz CT molecular complexity index is 1500. The maximum Gasteiger partial charge on any atom is 0.403 e. The lowest BCUT2D eigenvalue weighted by Gasteiger charge is -2.42. The molecule has 1 fully saturated rings. The van der Waals surface area contributed by atoms with Crippen LogP contribution in [0.4, 0.5) is 4.32 Å². The molecular weight excluding hydrogens is 415 g/mol. The van der Waals surface area contributed by atoms with Crippen molar-refractivity contribution in [1.82, 2.24) is 24.6 Å². The number of nitrogens with zero attached hydrogens (tertiary/aromatic N) is 5. The number of amides is 1. The highest BCUT2D eigenvalue weighted by molar-refractivity contribution is 6.77. The first-order valence-electron chi connectivity index (χ1n) is 11.1. The Hall–Kier alpha value is -3.48. The molecule has 0 N–H and O–H groups in total. The van der Waals surface area contributed by atoms with E-state index < -0.39 is 12.3 Å². The first kappa shape index (κ1) is 19.0. The molecule has 1 amide bonds. The summed E-state index contributed by atoms with van der Waals surface area (Å²) in [4.78, 5) is 23.3. The molecule has 5 heterocycles. The summed E-state index contributed by atoms with van der Waals surface area (Å²) in [6.07, 6.45) is 7.36. The van der Waals surface area contributed by atoms with Crippen molar-refractivity contribution in [2.45, 2.75) is 30.6 Å². The van der Waals surface area contributed by atoms with E-state index in [1.165, 1.54) is 4.90 Å². The topological polar surface area (TPSA) is 63.9 Å². The summed E-state index contributed by atoms with van der Waals surface area (Å²) >= 11 is 0. The molecule has 33 heavy (non-hydrogen) atoms. The molecule has 4 aromatic rings. The SMILES string of the molecule is [B]C12B(F)c3cc(-c4ccnc5nn(C)cc45)cc(C4CC4)c3CN1C(=O)c1cccnc12. The second kappa shape index (κ2) is 6.31. The van der Waals surface area contributed by atoms with Gasteiger partial charge in [-0.3, -0.25) is 14.5 Å². The molecule has 1 aromatic carbocycles. The van der Waals surface area contributed by atoms with Gasteiger partial charge in [-0.2, -0.15) is 5.10 Å². The zero-order valence-electron chi connectivity index (χ0n) is 18.0. The number of fused-ring (bicyclic) bond motifs is 5. The summed E-state index contributed by atoms with van der Waals surface area (Å²) < 4.78 is 18.2. The highest BCUT2D eigenvalue weighted by Crippen LogP contribution is 2.47. The van der Waals surface area contributed by atoms with Gasteiger partial charge >= 0.3 is 6.99 Å². The van der Waals surface area contributed by atoms with Crippen molar-refractivity contribution in [2.75, 3.05) is 0 Å². The van der Waals surface area contributed by atoms with E-state index in [2.05, 4.69) is 21.1 Å². The van der Waals surface area contributed by atoms with Crippen LogP contribution in [0.3, 0.4) is 0 Å². The standard InChI is InChI=1S/C24H18B2FN5O/c1-31-11-19-15(6-8-29-22(19)30-31)14-9-17(13-4-5-13)18-12-32-23(33)16-3-2-7-28-21(16)24(32,25)26(27)20(18)10-14/h2-3,6-11,13H,4-5,12H2,1H3. The molecule has 158 valence electrons. The highest BCUT2D eigenvalue weighted by Gasteiger charge is 2.58. The van der Waals surface area contributed by atoms with E-state index in [0.29, 0.717) is 28.3 Å². The van der Waals surface area contributed by atoms with Crippen LogP contribution >= 0.6 is 0 Å². The number of aryl methyl sites for hydroxylation is 1. The molecule has 2 aliphatic heterocycles. The lowest BCUT2D eigenvalue weighted by Crippen LogP contribution is -2.62. The third-order valence-electron chi connectivity index (χ3n) is 7.27. The summed E-state index contributed by atoms with van der Waals surface area (Å²) in [5, 5.41) is 3.73. The Morgan fingerprint density at radius 2 is 2.03 bits per heavy atom. The second-order valence-corrected chi connectivity index (χ2v) is 9.28. The minimum Gasteiger partial charge on any atom is -0.335 e. The highest BCUT2D eigenvalue weighted by atomic mass is 19.1. The number of hydrogen-bond donors (Lipinski definition) is 0. The number of benzene rings is 1. The Morgan fingerprint density at radius 3 is 2.85 bits per heavy atom. The minimum atomic E-state index is -1.61. The smallest absolute Gasteiger partial charge is 0.335 e. The predicted molar refractivity (Wildman–Crippen MR) is 124 cm³/mol. The van der Waals surface area contributed by atoms with E-state index in [9.17, 15) is 4.79 Å². The van der Waals surface area contributed by atoms with Crippen molar-refractivity contribution >= 4 is 37.2 Å². The van der Waals surface area contributed by atoms with Gasteiger partial charge in [0, 0.05) is 37.6 Å². The number of halogens is 1. The van der Waals surface area contributed by atoms with Crippen molar-refractivity contribution in [1.29, 1.82) is 0 Å². The molecule has 0 saturated heterocycles. The van der Waals surface area contributed by atoms with Gasteiger partial charge in [0.1, 0.15) is 7.85 Å². The fourth-order valence-electron chi connectivity index (χ4n) is 5.52. The maximum atomic E-state index is 16.5. The fourth-order valence-corrected chi connectivity index (χ4v) is 5.52. The zero-order chi connectivity index (χ0) is 22.5. The molecule has 1 aliphatic carbocycles. The van der Waals surface area contributed by atoms with Crippen LogP contribution in [0.15, 0.2) is 48.9 Å². The van der Waals surface area contributed by atoms with E-state index >= 15 is 4.32 Å². The van der Waals surface area contributed by atoms with Crippen molar-refractivity contribution in [3.8, 4) is 11.1 Å². The van der Waals surface area contributed by atoms with Crippen LogP contribution in [0.5, 0.6) is 0 Å². The van der Waals surface area contributed by atoms with E-state index in [-0.39, 0.29) is 12.5 Å². The minimum absolute atomic E-state index is 0.258. The van der Waals surface area contributed by atoms with Crippen LogP contribution in [-0.4, -0.2) is 45.4 Å². The van der Waals surface area contributed by atoms with Gasteiger partial charge in [-0.15, -0.1) is 0 Å². The van der Waals surface area contributed by atoms with Gasteiger partial charge < -0.3 is 9.22 Å². The van der Waals surface area contributed by atoms with Crippen molar-refractivity contribution < 1.29 is 9.11 Å². The van der Waals surface area contributed by atoms with Crippen LogP contribution in [0.2, 0.25) is 0 Å². The average molecular weight is 433 g/mol. The molecule has 9 heteroatoms. The lowest BCUT2D eigenvalue weighted by molar-refractivity contribution is 0.0716. The van der Waals surface area contributed by atoms with Crippen LogP contribution < -0.4 is 5.46 Å². The van der Waals surface area contributed by atoms with Gasteiger partial charge in [-0.05, 0) is 64.7 Å². The summed E-state index contributed by atoms with van der Waals surface area (Å²) in [5.41, 5.74) is 5.76. The van der Waals surface area contributed by atoms with E-state index in [1.807, 2.05) is 25.4 Å². The van der Waals surface area contributed by atoms with Crippen LogP contribution in [0.25, 0.3) is 22.2 Å². The Labute approximate surface area is 191 Å². The van der Waals surface area contributed by atoms with Crippen molar-refractivity contribution in [3.63, 3.8) is 0 Å². The third kappa shape index (κ3) is 2.45. The Morgan fingerprint density at radius 1 is 1.18 bits per heavy atom. The summed E-state index contributed by atoms with van der Waals surface area (Å²) in [6.45, 7) is -1.31. The molecule has 1 unspecified atom stereocenters. The third-order valence-corrected chi connectivity index (χ3v) is 7.27. The molecule has 7 rings (SSSR count). The van der Waals surface area contributed by atoms with Crippen LogP contribution in [0, 0.1) is 0 Å². The zero-order valence-corrected chi connectivity index (χ0v) is 18.0. The number of aromatic nitrogens is 4. The maximum absolute atomic E-state index is 16.5. The van der Waals surface area contributed by atoms with Gasteiger partial charge in [0.05, 0.1) is 16.6 Å². The van der Waals surface area contributed by atoms with Crippen LogP contribution in [-0.2, 0) is 18.9 Å². The van der Waals surface area contributed by atoms with E-state index in [1.54, 1.807) is 29.2 Å². The summed E-state index contributed by atoms with van der Waals surface area (Å²) in [5.74, 6) is 0.117. The number of pyridine rings is 2. The van der Waals surface area contributed by atoms with Crippen molar-refractivity contribution in [3.05, 3.63) is 71.3 Å². The molecule has 3 aliphatic rings. The normalized spacial score (nSPS) is 21.3. The summed E-state index contributed by atoms with van der Waals surface area (Å²) in [7, 11) is 8.55. The summed E-state index contributed by atoms with van der Waals surface area (Å²) in [6, 6.07) is 9.36. The number of rotatable bonds is 2. The van der Waals surface area contributed by atoms with E-state index in [0.717, 1.165) is 40.5 Å². The van der Waals surface area contributed by atoms with Gasteiger partial charge in [-0.25, -0.2) is 4.98 Å². The molecule has 6 nitrogen and oxygen atoms in total. The monoisotopic (exact) mass is 433 g/mol. The fraction of sp³-hybridized carbons (Fsp3) is 0.250. The van der Waals surface area contributed by atoms with Crippen molar-refractivity contribution in [2.24, 2.45) is 7.05 Å². The van der Waals surface area contributed by atoms with Gasteiger partial charge in [0.2, 0.25) is 0 Å². The molecule has 3 aromatic heterocycles. The van der Waals surface area contributed by atoms with Gasteiger partial charge in [0.15, 0.2) is 5.65 Å². The first-order chi connectivity index (χ1) is 16.0. The molecular formula is C24H18B2FN5O. The predicted octanol–water partition coefficient (Wildman–Crippen LogP) is 2.61. The number of carbonyl (C=O) groups excluding carboxylic acids is 1. The molecule has 0 spiro atoms. The first-order valence-corrected chi connectivity index (χ1v) is 11.1. The lowest BCUT2D eigenvalue weighted by atomic mass is 9.37. The van der Waals surface area contributed by atoms with E-state index in [4.69, 9.17) is 7.85 Å². The molecule has 2 radical (unpaired) electrons.